The van der Waals surface area contributed by atoms with Crippen molar-refractivity contribution in [2.45, 2.75) is 58.7 Å². The van der Waals surface area contributed by atoms with Gasteiger partial charge < -0.3 is 10.0 Å². The van der Waals surface area contributed by atoms with Crippen LogP contribution in [0.5, 0.6) is 0 Å². The second-order valence-corrected chi connectivity index (χ2v) is 7.39. The molecule has 1 unspecified atom stereocenters. The van der Waals surface area contributed by atoms with Gasteiger partial charge in [0.1, 0.15) is 5.82 Å². The number of benzene rings is 1. The Morgan fingerprint density at radius 3 is 2.15 bits per heavy atom. The molecule has 4 heteroatoms. The Balaban J connectivity index is 2.62. The monoisotopic (exact) mass is 279 g/mol. The smallest absolute Gasteiger partial charge is 0.260 e. The van der Waals surface area contributed by atoms with Gasteiger partial charge in [-0.2, -0.15) is 0 Å². The molecule has 20 heavy (non-hydrogen) atoms. The van der Waals surface area contributed by atoms with E-state index in [1.165, 1.54) is 11.0 Å². The zero-order valence-electron chi connectivity index (χ0n) is 12.9. The summed E-state index contributed by atoms with van der Waals surface area (Å²) >= 11 is 0. The summed E-state index contributed by atoms with van der Waals surface area (Å²) in [4.78, 5) is 13.7. The maximum atomic E-state index is 14.3. The molecule has 2 rings (SSSR count). The summed E-state index contributed by atoms with van der Waals surface area (Å²) < 4.78 is 14.3. The molecule has 1 aromatic rings. The quantitative estimate of drug-likeness (QED) is 0.791. The lowest BCUT2D eigenvalue weighted by Gasteiger charge is -2.34. The van der Waals surface area contributed by atoms with E-state index in [0.29, 0.717) is 5.56 Å². The van der Waals surface area contributed by atoms with Crippen LogP contribution in [-0.2, 0) is 5.41 Å². The third kappa shape index (κ3) is 2.22. The minimum atomic E-state index is -1.09. The van der Waals surface area contributed by atoms with Gasteiger partial charge in [-0.05, 0) is 43.9 Å². The first kappa shape index (κ1) is 15.0. The van der Waals surface area contributed by atoms with Crippen molar-refractivity contribution in [2.24, 2.45) is 0 Å². The molecular weight excluding hydrogens is 257 g/mol. The standard InChI is InChI=1S/C16H22FNO2/c1-15(2,3)9-7-10-12(11(17)8-9)14(20)18(13(10)19)16(4,5)6/h7-8,13,19H,1-6H3. The molecule has 1 aliphatic heterocycles. The van der Waals surface area contributed by atoms with Crippen molar-refractivity contribution in [3.8, 4) is 0 Å². The van der Waals surface area contributed by atoms with Crippen molar-refractivity contribution >= 4 is 5.91 Å². The number of carbonyl (C=O) groups is 1. The normalized spacial score (nSPS) is 19.5. The highest BCUT2D eigenvalue weighted by Gasteiger charge is 2.43. The molecule has 0 saturated carbocycles. The Morgan fingerprint density at radius 2 is 1.70 bits per heavy atom. The molecular formula is C16H22FNO2. The molecule has 1 heterocycles. The first-order valence-electron chi connectivity index (χ1n) is 6.80. The van der Waals surface area contributed by atoms with Crippen molar-refractivity contribution in [3.05, 3.63) is 34.6 Å². The first-order valence-corrected chi connectivity index (χ1v) is 6.80. The number of nitrogens with zero attached hydrogens (tertiary/aromatic N) is 1. The van der Waals surface area contributed by atoms with Crippen LogP contribution in [0.15, 0.2) is 12.1 Å². The molecule has 0 saturated heterocycles. The Morgan fingerprint density at radius 1 is 1.15 bits per heavy atom. The van der Waals surface area contributed by atoms with E-state index in [-0.39, 0.29) is 11.0 Å². The third-order valence-electron chi connectivity index (χ3n) is 3.66. The molecule has 0 radical (unpaired) electrons. The van der Waals surface area contributed by atoms with E-state index in [1.807, 2.05) is 41.5 Å². The summed E-state index contributed by atoms with van der Waals surface area (Å²) in [5, 5.41) is 10.4. The average molecular weight is 279 g/mol. The summed E-state index contributed by atoms with van der Waals surface area (Å²) in [6.07, 6.45) is -1.09. The highest BCUT2D eigenvalue weighted by Crippen LogP contribution is 2.40. The Hall–Kier alpha value is -1.42. The summed E-state index contributed by atoms with van der Waals surface area (Å²) in [5.74, 6) is -0.999. The minimum Gasteiger partial charge on any atom is -0.369 e. The number of amides is 1. The van der Waals surface area contributed by atoms with Crippen molar-refractivity contribution in [1.29, 1.82) is 0 Å². The van der Waals surface area contributed by atoms with Gasteiger partial charge in [0, 0.05) is 11.1 Å². The lowest BCUT2D eigenvalue weighted by molar-refractivity contribution is -0.0228. The van der Waals surface area contributed by atoms with Gasteiger partial charge >= 0.3 is 0 Å². The maximum absolute atomic E-state index is 14.3. The maximum Gasteiger partial charge on any atom is 0.260 e. The fraction of sp³-hybridized carbons (Fsp3) is 0.562. The summed E-state index contributed by atoms with van der Waals surface area (Å²) in [5.41, 5.74) is 0.337. The van der Waals surface area contributed by atoms with Gasteiger partial charge in [-0.15, -0.1) is 0 Å². The van der Waals surface area contributed by atoms with Gasteiger partial charge in [0.05, 0.1) is 5.56 Å². The molecule has 0 aromatic heterocycles. The van der Waals surface area contributed by atoms with Crippen LogP contribution < -0.4 is 0 Å². The molecule has 110 valence electrons. The number of aliphatic hydroxyl groups excluding tert-OH is 1. The van der Waals surface area contributed by atoms with E-state index in [9.17, 15) is 14.3 Å². The van der Waals surface area contributed by atoms with Gasteiger partial charge in [-0.3, -0.25) is 4.79 Å². The lowest BCUT2D eigenvalue weighted by atomic mass is 9.85. The Bertz CT molecular complexity index is 567. The molecule has 1 amide bonds. The number of carbonyl (C=O) groups excluding carboxylic acids is 1. The molecule has 0 spiro atoms. The SMILES string of the molecule is CC(C)(C)c1cc(F)c2c(c1)C(O)N(C(C)(C)C)C2=O. The predicted molar refractivity (Wildman–Crippen MR) is 76.0 cm³/mol. The number of aliphatic hydroxyl groups is 1. The minimum absolute atomic E-state index is 0.000394. The molecule has 1 atom stereocenters. The van der Waals surface area contributed by atoms with Crippen LogP contribution in [0.3, 0.4) is 0 Å². The predicted octanol–water partition coefficient (Wildman–Crippen LogP) is 3.37. The topological polar surface area (TPSA) is 40.5 Å². The summed E-state index contributed by atoms with van der Waals surface area (Å²) in [7, 11) is 0. The number of hydrogen-bond acceptors (Lipinski definition) is 2. The first-order chi connectivity index (χ1) is 8.94. The molecule has 0 fully saturated rings. The average Bonchev–Trinajstić information content (AvgIpc) is 2.49. The molecule has 1 N–H and O–H groups in total. The van der Waals surface area contributed by atoms with Crippen LogP contribution in [0.4, 0.5) is 4.39 Å². The van der Waals surface area contributed by atoms with Crippen LogP contribution in [-0.4, -0.2) is 21.5 Å². The molecule has 3 nitrogen and oxygen atoms in total. The van der Waals surface area contributed by atoms with Gasteiger partial charge in [-0.1, -0.05) is 20.8 Å². The number of fused-ring (bicyclic) bond motifs is 1. The van der Waals surface area contributed by atoms with Crippen LogP contribution in [0, 0.1) is 5.82 Å². The van der Waals surface area contributed by atoms with Crippen LogP contribution in [0.25, 0.3) is 0 Å². The molecule has 1 aromatic carbocycles. The van der Waals surface area contributed by atoms with E-state index < -0.39 is 23.5 Å². The molecule has 1 aliphatic rings. The van der Waals surface area contributed by atoms with Gasteiger partial charge in [0.15, 0.2) is 6.23 Å². The van der Waals surface area contributed by atoms with Crippen LogP contribution in [0.1, 0.15) is 69.3 Å². The lowest BCUT2D eigenvalue weighted by Crippen LogP contribution is -2.43. The fourth-order valence-electron chi connectivity index (χ4n) is 2.53. The van der Waals surface area contributed by atoms with Crippen molar-refractivity contribution in [1.82, 2.24) is 4.90 Å². The Kier molecular flexibility index (Phi) is 3.21. The van der Waals surface area contributed by atoms with Gasteiger partial charge in [-0.25, -0.2) is 4.39 Å². The van der Waals surface area contributed by atoms with E-state index in [1.54, 1.807) is 6.07 Å². The number of rotatable bonds is 0. The van der Waals surface area contributed by atoms with E-state index in [0.717, 1.165) is 5.56 Å². The Labute approximate surface area is 119 Å². The van der Waals surface area contributed by atoms with E-state index >= 15 is 0 Å². The highest BCUT2D eigenvalue weighted by molar-refractivity contribution is 5.99. The number of hydrogen-bond donors (Lipinski definition) is 1. The molecule has 0 aliphatic carbocycles. The van der Waals surface area contributed by atoms with Gasteiger partial charge in [0.2, 0.25) is 0 Å². The third-order valence-corrected chi connectivity index (χ3v) is 3.66. The molecule has 0 bridgehead atoms. The van der Waals surface area contributed by atoms with Crippen LogP contribution in [0.2, 0.25) is 0 Å². The second kappa shape index (κ2) is 4.29. The number of halogens is 1. The largest absolute Gasteiger partial charge is 0.369 e. The fourth-order valence-corrected chi connectivity index (χ4v) is 2.53. The summed E-state index contributed by atoms with van der Waals surface area (Å²) in [6.45, 7) is 11.4. The highest BCUT2D eigenvalue weighted by atomic mass is 19.1. The van der Waals surface area contributed by atoms with Crippen molar-refractivity contribution in [2.75, 3.05) is 0 Å². The van der Waals surface area contributed by atoms with Crippen LogP contribution >= 0.6 is 0 Å². The van der Waals surface area contributed by atoms with Crippen molar-refractivity contribution < 1.29 is 14.3 Å². The van der Waals surface area contributed by atoms with Gasteiger partial charge in [0.25, 0.3) is 5.91 Å². The summed E-state index contributed by atoms with van der Waals surface area (Å²) in [6, 6.07) is 3.14. The van der Waals surface area contributed by atoms with E-state index in [4.69, 9.17) is 0 Å². The zero-order chi connectivity index (χ0) is 15.5. The van der Waals surface area contributed by atoms with Crippen molar-refractivity contribution in [3.63, 3.8) is 0 Å². The zero-order valence-corrected chi connectivity index (χ0v) is 12.9. The van der Waals surface area contributed by atoms with E-state index in [2.05, 4.69) is 0 Å². The second-order valence-electron chi connectivity index (χ2n) is 7.39.